The van der Waals surface area contributed by atoms with Crippen molar-refractivity contribution < 1.29 is 14.3 Å². The van der Waals surface area contributed by atoms with E-state index in [-0.39, 0.29) is 18.4 Å². The van der Waals surface area contributed by atoms with E-state index in [2.05, 4.69) is 16.2 Å². The molecular weight excluding hydrogens is 368 g/mol. The number of H-pyrrole nitrogens is 1. The maximum Gasteiger partial charge on any atom is 0.266 e. The molecule has 1 N–H and O–H groups in total. The van der Waals surface area contributed by atoms with Crippen molar-refractivity contribution in [3.63, 3.8) is 0 Å². The smallest absolute Gasteiger partial charge is 0.266 e. The lowest BCUT2D eigenvalue weighted by Crippen LogP contribution is -2.60. The van der Waals surface area contributed by atoms with Crippen molar-refractivity contribution in [2.24, 2.45) is 5.10 Å². The molecule has 0 radical (unpaired) electrons. The summed E-state index contributed by atoms with van der Waals surface area (Å²) in [5.41, 5.74) is 3.99. The molecule has 5 rings (SSSR count). The fourth-order valence-corrected chi connectivity index (χ4v) is 4.08. The Bertz CT molecular complexity index is 1130. The Balaban J connectivity index is 1.41. The van der Waals surface area contributed by atoms with Crippen LogP contribution in [0.1, 0.15) is 16.8 Å². The predicted molar refractivity (Wildman–Crippen MR) is 109 cm³/mol. The van der Waals surface area contributed by atoms with Crippen molar-refractivity contribution in [2.45, 2.75) is 19.0 Å². The molecule has 1 atom stereocenters. The summed E-state index contributed by atoms with van der Waals surface area (Å²) in [5, 5.41) is 6.70. The molecule has 3 aromatic rings. The highest BCUT2D eigenvalue weighted by molar-refractivity contribution is 5.97. The minimum absolute atomic E-state index is 0.0441. The van der Waals surface area contributed by atoms with Crippen LogP contribution in [-0.2, 0) is 22.6 Å². The highest BCUT2D eigenvalue weighted by atomic mass is 16.5. The average Bonchev–Trinajstić information content (AvgIpc) is 3.12. The Labute approximate surface area is 167 Å². The van der Waals surface area contributed by atoms with Crippen molar-refractivity contribution in [1.82, 2.24) is 14.9 Å². The van der Waals surface area contributed by atoms with Gasteiger partial charge in [-0.2, -0.15) is 5.10 Å². The Morgan fingerprint density at radius 2 is 1.90 bits per heavy atom. The summed E-state index contributed by atoms with van der Waals surface area (Å²) >= 11 is 0. The van der Waals surface area contributed by atoms with E-state index in [1.807, 2.05) is 42.5 Å². The first kappa shape index (κ1) is 17.5. The molecule has 1 saturated heterocycles. The topological polar surface area (TPSA) is 78.0 Å². The number of amides is 2. The second-order valence-electron chi connectivity index (χ2n) is 7.28. The lowest BCUT2D eigenvalue weighted by atomic mass is 9.94. The second-order valence-corrected chi connectivity index (χ2v) is 7.28. The molecule has 0 unspecified atom stereocenters. The molecule has 7 heteroatoms. The summed E-state index contributed by atoms with van der Waals surface area (Å²) < 4.78 is 5.14. The van der Waals surface area contributed by atoms with E-state index < -0.39 is 6.04 Å². The first-order valence-electron chi connectivity index (χ1n) is 9.51. The van der Waals surface area contributed by atoms with Gasteiger partial charge in [-0.3, -0.25) is 9.59 Å². The minimum Gasteiger partial charge on any atom is -0.497 e. The first-order chi connectivity index (χ1) is 14.1. The van der Waals surface area contributed by atoms with Crippen LogP contribution < -0.4 is 4.74 Å². The lowest BCUT2D eigenvalue weighted by Gasteiger charge is -2.40. The number of aromatic nitrogens is 1. The van der Waals surface area contributed by atoms with Gasteiger partial charge in [-0.15, -0.1) is 0 Å². The van der Waals surface area contributed by atoms with E-state index in [9.17, 15) is 9.59 Å². The molecule has 0 bridgehead atoms. The number of hydrogen-bond donors (Lipinski definition) is 1. The molecule has 0 saturated carbocycles. The van der Waals surface area contributed by atoms with Crippen molar-refractivity contribution in [2.75, 3.05) is 13.7 Å². The third kappa shape index (κ3) is 2.95. The van der Waals surface area contributed by atoms with E-state index >= 15 is 0 Å². The van der Waals surface area contributed by atoms with Gasteiger partial charge < -0.3 is 14.6 Å². The Morgan fingerprint density at radius 1 is 1.10 bits per heavy atom. The van der Waals surface area contributed by atoms with E-state index in [1.54, 1.807) is 18.2 Å². The van der Waals surface area contributed by atoms with Gasteiger partial charge in [-0.05, 0) is 41.5 Å². The Hall–Kier alpha value is -3.61. The predicted octanol–water partition coefficient (Wildman–Crippen LogP) is 2.31. The first-order valence-corrected chi connectivity index (χ1v) is 9.51. The van der Waals surface area contributed by atoms with Crippen LogP contribution in [0.5, 0.6) is 5.75 Å². The minimum atomic E-state index is -0.518. The number of aromatic amines is 1. The monoisotopic (exact) mass is 388 g/mol. The maximum absolute atomic E-state index is 13.1. The van der Waals surface area contributed by atoms with E-state index in [4.69, 9.17) is 4.74 Å². The molecule has 7 nitrogen and oxygen atoms in total. The number of piperazine rings is 1. The van der Waals surface area contributed by atoms with Crippen LogP contribution in [0.15, 0.2) is 53.6 Å². The van der Waals surface area contributed by atoms with Gasteiger partial charge in [0, 0.05) is 23.0 Å². The van der Waals surface area contributed by atoms with Gasteiger partial charge in [-0.25, -0.2) is 5.01 Å². The number of methoxy groups -OCH3 is 1. The Kier molecular flexibility index (Phi) is 4.08. The molecule has 2 amide bonds. The molecular formula is C22H20N4O3. The number of benzene rings is 2. The molecule has 2 aliphatic heterocycles. The molecule has 1 fully saturated rings. The number of carbonyl (C=O) groups is 2. The van der Waals surface area contributed by atoms with Crippen molar-refractivity contribution in [3.8, 4) is 5.75 Å². The van der Waals surface area contributed by atoms with Crippen LogP contribution in [0.4, 0.5) is 0 Å². The zero-order chi connectivity index (χ0) is 20.0. The molecule has 2 aliphatic rings. The summed E-state index contributed by atoms with van der Waals surface area (Å²) in [5.74, 6) is 0.509. The molecule has 29 heavy (non-hydrogen) atoms. The van der Waals surface area contributed by atoms with E-state index in [0.29, 0.717) is 13.0 Å². The number of hydrazone groups is 1. The summed E-state index contributed by atoms with van der Waals surface area (Å²) in [6.45, 7) is 0.382. The standard InChI is InChI=1S/C22H20N4O3/c1-29-15-8-6-14(7-9-15)11-23-26-13-21(27)25-12-19-17(10-20(25)22(26)28)16-4-2-3-5-18(16)24-19/h2-9,11,20,24H,10,12-13H2,1H3/b23-11+/t20-/m0/s1. The fourth-order valence-electron chi connectivity index (χ4n) is 4.08. The van der Waals surface area contributed by atoms with Gasteiger partial charge in [0.05, 0.1) is 19.9 Å². The van der Waals surface area contributed by atoms with Crippen LogP contribution in [0.25, 0.3) is 10.9 Å². The van der Waals surface area contributed by atoms with Gasteiger partial charge in [0.2, 0.25) is 5.91 Å². The van der Waals surface area contributed by atoms with Gasteiger partial charge in [0.1, 0.15) is 18.3 Å². The van der Waals surface area contributed by atoms with Crippen LogP contribution in [0.2, 0.25) is 0 Å². The number of rotatable bonds is 3. The number of fused-ring (bicyclic) bond motifs is 4. The van der Waals surface area contributed by atoms with Crippen molar-refractivity contribution >= 4 is 28.9 Å². The third-order valence-corrected chi connectivity index (χ3v) is 5.61. The molecule has 2 aromatic carbocycles. The molecule has 1 aromatic heterocycles. The fraction of sp³-hybridized carbons (Fsp3) is 0.227. The Morgan fingerprint density at radius 3 is 2.69 bits per heavy atom. The number of para-hydroxylation sites is 1. The van der Waals surface area contributed by atoms with Gasteiger partial charge in [0.15, 0.2) is 0 Å². The van der Waals surface area contributed by atoms with Gasteiger partial charge >= 0.3 is 0 Å². The molecule has 3 heterocycles. The summed E-state index contributed by atoms with van der Waals surface area (Å²) in [6, 6.07) is 14.9. The lowest BCUT2D eigenvalue weighted by molar-refractivity contribution is -0.157. The van der Waals surface area contributed by atoms with E-state index in [1.165, 1.54) is 5.01 Å². The number of nitrogens with zero attached hydrogens (tertiary/aromatic N) is 3. The molecule has 0 spiro atoms. The SMILES string of the molecule is COc1ccc(/C=N/N2CC(=O)N3Cc4[nH]c5ccccc5c4C[C@H]3C2=O)cc1. The highest BCUT2D eigenvalue weighted by Gasteiger charge is 2.43. The average molecular weight is 388 g/mol. The second kappa shape index (κ2) is 6.77. The molecule has 0 aliphatic carbocycles. The van der Waals surface area contributed by atoms with E-state index in [0.717, 1.165) is 33.5 Å². The summed E-state index contributed by atoms with van der Waals surface area (Å²) in [4.78, 5) is 30.9. The zero-order valence-corrected chi connectivity index (χ0v) is 16.0. The normalized spacial score (nSPS) is 19.0. The largest absolute Gasteiger partial charge is 0.497 e. The van der Waals surface area contributed by atoms with Gasteiger partial charge in [-0.1, -0.05) is 18.2 Å². The van der Waals surface area contributed by atoms with Crippen LogP contribution >= 0.6 is 0 Å². The van der Waals surface area contributed by atoms with Crippen LogP contribution in [0.3, 0.4) is 0 Å². The quantitative estimate of drug-likeness (QED) is 0.700. The number of carbonyl (C=O) groups excluding carboxylic acids is 2. The highest BCUT2D eigenvalue weighted by Crippen LogP contribution is 2.32. The zero-order valence-electron chi connectivity index (χ0n) is 16.0. The van der Waals surface area contributed by atoms with Crippen LogP contribution in [0, 0.1) is 0 Å². The molecule has 146 valence electrons. The third-order valence-electron chi connectivity index (χ3n) is 5.61. The van der Waals surface area contributed by atoms with Crippen LogP contribution in [-0.4, -0.2) is 52.6 Å². The van der Waals surface area contributed by atoms with Gasteiger partial charge in [0.25, 0.3) is 5.91 Å². The van der Waals surface area contributed by atoms with Crippen molar-refractivity contribution in [3.05, 3.63) is 65.4 Å². The summed E-state index contributed by atoms with van der Waals surface area (Å²) in [7, 11) is 1.61. The number of hydrogen-bond acceptors (Lipinski definition) is 4. The number of nitrogens with one attached hydrogen (secondary N) is 1. The summed E-state index contributed by atoms with van der Waals surface area (Å²) in [6.07, 6.45) is 2.10. The van der Waals surface area contributed by atoms with Crippen molar-refractivity contribution in [1.29, 1.82) is 0 Å². The maximum atomic E-state index is 13.1. The number of ether oxygens (including phenoxy) is 1.